The zero-order chi connectivity index (χ0) is 13.5. The SMILES string of the molecule is COc1cc(OC(F)F)ccc1CCOC(N)=O. The van der Waals surface area contributed by atoms with Crippen molar-refractivity contribution in [3.8, 4) is 11.5 Å². The lowest BCUT2D eigenvalue weighted by atomic mass is 10.1. The van der Waals surface area contributed by atoms with Crippen LogP contribution in [0.1, 0.15) is 5.56 Å². The average Bonchev–Trinajstić information content (AvgIpc) is 2.29. The molecule has 0 heterocycles. The van der Waals surface area contributed by atoms with Crippen LogP contribution in [0.25, 0.3) is 0 Å². The second kappa shape index (κ2) is 6.63. The Hall–Kier alpha value is -2.05. The minimum absolute atomic E-state index is 0.00131. The third kappa shape index (κ3) is 4.44. The van der Waals surface area contributed by atoms with E-state index in [2.05, 4.69) is 9.47 Å². The lowest BCUT2D eigenvalue weighted by Gasteiger charge is -2.11. The summed E-state index contributed by atoms with van der Waals surface area (Å²) in [4.78, 5) is 10.4. The van der Waals surface area contributed by atoms with E-state index in [0.29, 0.717) is 17.7 Å². The molecular formula is C11H13F2NO4. The van der Waals surface area contributed by atoms with E-state index in [0.717, 1.165) is 0 Å². The minimum atomic E-state index is -2.89. The van der Waals surface area contributed by atoms with Gasteiger partial charge in [-0.25, -0.2) is 4.79 Å². The normalized spacial score (nSPS) is 10.2. The second-order valence-corrected chi connectivity index (χ2v) is 3.27. The monoisotopic (exact) mass is 261 g/mol. The number of halogens is 2. The molecule has 1 rings (SSSR count). The van der Waals surface area contributed by atoms with Crippen molar-refractivity contribution in [1.82, 2.24) is 0 Å². The lowest BCUT2D eigenvalue weighted by Crippen LogP contribution is -2.15. The molecule has 0 aliphatic carbocycles. The van der Waals surface area contributed by atoms with E-state index in [1.54, 1.807) is 6.07 Å². The number of ether oxygens (including phenoxy) is 3. The molecule has 0 aromatic heterocycles. The summed E-state index contributed by atoms with van der Waals surface area (Å²) in [6.07, 6.45) is -0.507. The largest absolute Gasteiger partial charge is 0.496 e. The molecule has 7 heteroatoms. The summed E-state index contributed by atoms with van der Waals surface area (Å²) in [5.74, 6) is 0.377. The van der Waals surface area contributed by atoms with Crippen LogP contribution in [-0.2, 0) is 11.2 Å². The first-order valence-corrected chi connectivity index (χ1v) is 5.07. The Morgan fingerprint density at radius 1 is 1.44 bits per heavy atom. The van der Waals surface area contributed by atoms with Gasteiger partial charge in [-0.05, 0) is 11.6 Å². The Morgan fingerprint density at radius 2 is 2.17 bits per heavy atom. The number of benzene rings is 1. The molecule has 0 unspecified atom stereocenters. The fraction of sp³-hybridized carbons (Fsp3) is 0.364. The van der Waals surface area contributed by atoms with Crippen molar-refractivity contribution in [2.45, 2.75) is 13.0 Å². The molecule has 2 N–H and O–H groups in total. The summed E-state index contributed by atoms with van der Waals surface area (Å²) >= 11 is 0. The molecule has 100 valence electrons. The van der Waals surface area contributed by atoms with Crippen LogP contribution in [0.3, 0.4) is 0 Å². The first-order chi connectivity index (χ1) is 8.52. The van der Waals surface area contributed by atoms with E-state index < -0.39 is 12.7 Å². The van der Waals surface area contributed by atoms with Gasteiger partial charge in [0.05, 0.1) is 13.7 Å². The minimum Gasteiger partial charge on any atom is -0.496 e. The highest BCUT2D eigenvalue weighted by Crippen LogP contribution is 2.26. The van der Waals surface area contributed by atoms with Crippen molar-refractivity contribution in [3.63, 3.8) is 0 Å². The van der Waals surface area contributed by atoms with Crippen molar-refractivity contribution >= 4 is 6.09 Å². The van der Waals surface area contributed by atoms with Gasteiger partial charge < -0.3 is 19.9 Å². The van der Waals surface area contributed by atoms with Crippen LogP contribution in [0.5, 0.6) is 11.5 Å². The van der Waals surface area contributed by atoms with Gasteiger partial charge in [0.15, 0.2) is 0 Å². The molecule has 1 aromatic carbocycles. The van der Waals surface area contributed by atoms with Crippen LogP contribution >= 0.6 is 0 Å². The topological polar surface area (TPSA) is 70.8 Å². The maximum Gasteiger partial charge on any atom is 0.404 e. The number of rotatable bonds is 6. The van der Waals surface area contributed by atoms with Crippen LogP contribution < -0.4 is 15.2 Å². The molecule has 1 amide bonds. The van der Waals surface area contributed by atoms with Crippen molar-refractivity contribution in [2.75, 3.05) is 13.7 Å². The molecule has 0 aliphatic rings. The van der Waals surface area contributed by atoms with Crippen LogP contribution in [0.15, 0.2) is 18.2 Å². The highest BCUT2D eigenvalue weighted by atomic mass is 19.3. The number of hydrogen-bond donors (Lipinski definition) is 1. The quantitative estimate of drug-likeness (QED) is 0.849. The molecule has 0 radical (unpaired) electrons. The maximum absolute atomic E-state index is 12.0. The standard InChI is InChI=1S/C11H13F2NO4/c1-16-9-6-8(18-10(12)13)3-2-7(9)4-5-17-11(14)15/h2-3,6,10H,4-5H2,1H3,(H2,14,15). The number of amides is 1. The number of primary amides is 1. The molecule has 0 bridgehead atoms. The van der Waals surface area contributed by atoms with Gasteiger partial charge in [-0.3, -0.25) is 0 Å². The number of methoxy groups -OCH3 is 1. The summed E-state index contributed by atoms with van der Waals surface area (Å²) in [7, 11) is 1.40. The number of carbonyl (C=O) groups excluding carboxylic acids is 1. The van der Waals surface area contributed by atoms with Crippen molar-refractivity contribution in [1.29, 1.82) is 0 Å². The van der Waals surface area contributed by atoms with Gasteiger partial charge >= 0.3 is 12.7 Å². The maximum atomic E-state index is 12.0. The van der Waals surface area contributed by atoms with Crippen molar-refractivity contribution < 1.29 is 27.8 Å². The van der Waals surface area contributed by atoms with Crippen LogP contribution in [0.2, 0.25) is 0 Å². The molecule has 0 atom stereocenters. The number of carbonyl (C=O) groups is 1. The van der Waals surface area contributed by atoms with Crippen LogP contribution in [0, 0.1) is 0 Å². The fourth-order valence-electron chi connectivity index (χ4n) is 1.37. The van der Waals surface area contributed by atoms with Crippen LogP contribution in [-0.4, -0.2) is 26.4 Å². The zero-order valence-electron chi connectivity index (χ0n) is 9.69. The van der Waals surface area contributed by atoms with Gasteiger partial charge in [0.2, 0.25) is 0 Å². The summed E-state index contributed by atoms with van der Waals surface area (Å²) < 4.78 is 37.9. The zero-order valence-corrected chi connectivity index (χ0v) is 9.69. The molecule has 5 nitrogen and oxygen atoms in total. The molecule has 0 aliphatic heterocycles. The molecular weight excluding hydrogens is 248 g/mol. The third-order valence-electron chi connectivity index (χ3n) is 2.10. The Morgan fingerprint density at radius 3 is 2.72 bits per heavy atom. The number of alkyl halides is 2. The first kappa shape index (κ1) is 14.0. The van der Waals surface area contributed by atoms with Gasteiger partial charge in [-0.2, -0.15) is 8.78 Å². The van der Waals surface area contributed by atoms with E-state index in [4.69, 9.17) is 10.5 Å². The summed E-state index contributed by atoms with van der Waals surface area (Å²) in [5, 5.41) is 0. The molecule has 1 aromatic rings. The summed E-state index contributed by atoms with van der Waals surface area (Å²) in [5.41, 5.74) is 5.51. The number of nitrogens with two attached hydrogens (primary N) is 1. The third-order valence-corrected chi connectivity index (χ3v) is 2.10. The van der Waals surface area contributed by atoms with Crippen LogP contribution in [0.4, 0.5) is 13.6 Å². The Kier molecular flexibility index (Phi) is 5.16. The highest BCUT2D eigenvalue weighted by molar-refractivity contribution is 5.64. The van der Waals surface area contributed by atoms with E-state index in [-0.39, 0.29) is 12.4 Å². The fourth-order valence-corrected chi connectivity index (χ4v) is 1.37. The molecule has 18 heavy (non-hydrogen) atoms. The predicted molar refractivity (Wildman–Crippen MR) is 58.9 cm³/mol. The van der Waals surface area contributed by atoms with E-state index in [1.807, 2.05) is 0 Å². The molecule has 0 fully saturated rings. The summed E-state index contributed by atoms with van der Waals surface area (Å²) in [6, 6.07) is 4.28. The Balaban J connectivity index is 2.70. The van der Waals surface area contributed by atoms with Crippen molar-refractivity contribution in [3.05, 3.63) is 23.8 Å². The lowest BCUT2D eigenvalue weighted by molar-refractivity contribution is -0.0499. The van der Waals surface area contributed by atoms with Gasteiger partial charge in [-0.15, -0.1) is 0 Å². The van der Waals surface area contributed by atoms with Gasteiger partial charge in [0, 0.05) is 12.5 Å². The highest BCUT2D eigenvalue weighted by Gasteiger charge is 2.09. The smallest absolute Gasteiger partial charge is 0.404 e. The second-order valence-electron chi connectivity index (χ2n) is 3.27. The first-order valence-electron chi connectivity index (χ1n) is 5.07. The van der Waals surface area contributed by atoms with E-state index >= 15 is 0 Å². The van der Waals surface area contributed by atoms with Crippen molar-refractivity contribution in [2.24, 2.45) is 5.73 Å². The molecule has 0 saturated carbocycles. The summed E-state index contributed by atoms with van der Waals surface area (Å²) in [6.45, 7) is -2.81. The van der Waals surface area contributed by atoms with E-state index in [9.17, 15) is 13.6 Å². The predicted octanol–water partition coefficient (Wildman–Crippen LogP) is 1.93. The molecule has 0 saturated heterocycles. The molecule has 0 spiro atoms. The van der Waals surface area contributed by atoms with Gasteiger partial charge in [0.25, 0.3) is 0 Å². The van der Waals surface area contributed by atoms with Gasteiger partial charge in [0.1, 0.15) is 11.5 Å². The van der Waals surface area contributed by atoms with Gasteiger partial charge in [-0.1, -0.05) is 6.07 Å². The average molecular weight is 261 g/mol. The van der Waals surface area contributed by atoms with E-state index in [1.165, 1.54) is 19.2 Å². The Bertz CT molecular complexity index is 412. The Labute approximate surface area is 102 Å². The number of hydrogen-bond acceptors (Lipinski definition) is 4.